The van der Waals surface area contributed by atoms with Crippen molar-refractivity contribution in [1.29, 1.82) is 0 Å². The van der Waals surface area contributed by atoms with E-state index < -0.39 is 5.97 Å². The van der Waals surface area contributed by atoms with Crippen LogP contribution in [-0.4, -0.2) is 37.4 Å². The van der Waals surface area contributed by atoms with E-state index in [0.717, 1.165) is 17.3 Å². The minimum Gasteiger partial charge on any atom is -0.481 e. The van der Waals surface area contributed by atoms with Crippen LogP contribution in [0.25, 0.3) is 11.0 Å². The Kier molecular flexibility index (Phi) is 4.83. The van der Waals surface area contributed by atoms with Gasteiger partial charge in [0.2, 0.25) is 0 Å². The summed E-state index contributed by atoms with van der Waals surface area (Å²) in [5.74, 6) is -1.30. The number of halogens is 1. The zero-order chi connectivity index (χ0) is 15.6. The lowest BCUT2D eigenvalue weighted by atomic mass is 10.2. The molecule has 0 bridgehead atoms. The van der Waals surface area contributed by atoms with Gasteiger partial charge in [-0.15, -0.1) is 0 Å². The maximum Gasteiger partial charge on any atom is 0.313 e. The SMILES string of the molecule is CSC(C)(C)Cn1c(SCC(=O)O)nc2cc(F)ccc21. The zero-order valence-electron chi connectivity index (χ0n) is 12.1. The highest BCUT2D eigenvalue weighted by Crippen LogP contribution is 2.30. The van der Waals surface area contributed by atoms with E-state index in [1.54, 1.807) is 17.8 Å². The highest BCUT2D eigenvalue weighted by Gasteiger charge is 2.21. The number of nitrogens with zero attached hydrogens (tertiary/aromatic N) is 2. The van der Waals surface area contributed by atoms with Crippen molar-refractivity contribution in [1.82, 2.24) is 9.55 Å². The van der Waals surface area contributed by atoms with Gasteiger partial charge >= 0.3 is 5.97 Å². The lowest BCUT2D eigenvalue weighted by Crippen LogP contribution is -2.23. The van der Waals surface area contributed by atoms with Crippen LogP contribution in [0.2, 0.25) is 0 Å². The smallest absolute Gasteiger partial charge is 0.313 e. The molecule has 21 heavy (non-hydrogen) atoms. The number of carboxylic acids is 1. The van der Waals surface area contributed by atoms with Crippen LogP contribution in [0.1, 0.15) is 13.8 Å². The van der Waals surface area contributed by atoms with Crippen LogP contribution in [0.5, 0.6) is 0 Å². The first-order chi connectivity index (χ1) is 9.82. The molecule has 1 aromatic carbocycles. The normalized spacial score (nSPS) is 12.0. The summed E-state index contributed by atoms with van der Waals surface area (Å²) in [6, 6.07) is 4.47. The molecule has 1 aromatic heterocycles. The van der Waals surface area contributed by atoms with Gasteiger partial charge in [-0.25, -0.2) is 9.37 Å². The van der Waals surface area contributed by atoms with Gasteiger partial charge in [0, 0.05) is 17.4 Å². The number of carboxylic acid groups (broad SMARTS) is 1. The number of fused-ring (bicyclic) bond motifs is 1. The average molecular weight is 328 g/mol. The van der Waals surface area contributed by atoms with Gasteiger partial charge in [-0.3, -0.25) is 4.79 Å². The van der Waals surface area contributed by atoms with Crippen LogP contribution in [0.3, 0.4) is 0 Å². The number of carbonyl (C=O) groups is 1. The standard InChI is InChI=1S/C14H17FN2O2S2/c1-14(2,20-3)8-17-11-5-4-9(15)6-10(11)16-13(17)21-7-12(18)19/h4-6H,7-8H2,1-3H3,(H,18,19). The van der Waals surface area contributed by atoms with E-state index in [0.29, 0.717) is 17.2 Å². The molecule has 4 nitrogen and oxygen atoms in total. The lowest BCUT2D eigenvalue weighted by molar-refractivity contribution is -0.133. The van der Waals surface area contributed by atoms with Gasteiger partial charge in [-0.05, 0) is 32.2 Å². The van der Waals surface area contributed by atoms with E-state index >= 15 is 0 Å². The minimum absolute atomic E-state index is 0.0272. The molecule has 0 aliphatic rings. The van der Waals surface area contributed by atoms with Gasteiger partial charge in [-0.1, -0.05) is 11.8 Å². The Morgan fingerprint density at radius 2 is 2.19 bits per heavy atom. The largest absolute Gasteiger partial charge is 0.481 e. The van der Waals surface area contributed by atoms with E-state index in [1.165, 1.54) is 12.1 Å². The molecule has 0 saturated carbocycles. The van der Waals surface area contributed by atoms with E-state index in [-0.39, 0.29) is 16.3 Å². The molecule has 0 aliphatic carbocycles. The van der Waals surface area contributed by atoms with Gasteiger partial charge in [0.05, 0.1) is 16.8 Å². The summed E-state index contributed by atoms with van der Waals surface area (Å²) < 4.78 is 15.3. The summed E-state index contributed by atoms with van der Waals surface area (Å²) in [5, 5.41) is 9.45. The molecule has 0 unspecified atom stereocenters. The summed E-state index contributed by atoms with van der Waals surface area (Å²) in [6.45, 7) is 4.90. The second-order valence-electron chi connectivity index (χ2n) is 5.26. The third kappa shape index (κ3) is 3.91. The predicted molar refractivity (Wildman–Crippen MR) is 85.6 cm³/mol. The Bertz CT molecular complexity index is 670. The molecule has 0 amide bonds. The molecule has 0 aliphatic heterocycles. The number of hydrogen-bond donors (Lipinski definition) is 1. The monoisotopic (exact) mass is 328 g/mol. The fourth-order valence-electron chi connectivity index (χ4n) is 1.92. The molecule has 2 aromatic rings. The molecule has 0 atom stereocenters. The molecule has 0 spiro atoms. The summed E-state index contributed by atoms with van der Waals surface area (Å²) in [4.78, 5) is 15.1. The maximum atomic E-state index is 13.3. The summed E-state index contributed by atoms with van der Waals surface area (Å²) in [7, 11) is 0. The molecule has 0 fully saturated rings. The lowest BCUT2D eigenvalue weighted by Gasteiger charge is -2.24. The highest BCUT2D eigenvalue weighted by atomic mass is 32.2. The number of thioether (sulfide) groups is 2. The van der Waals surface area contributed by atoms with Gasteiger partial charge in [-0.2, -0.15) is 11.8 Å². The van der Waals surface area contributed by atoms with Crippen LogP contribution >= 0.6 is 23.5 Å². The van der Waals surface area contributed by atoms with Crippen LogP contribution in [0, 0.1) is 5.82 Å². The molecule has 0 saturated heterocycles. The van der Waals surface area contributed by atoms with Gasteiger partial charge in [0.1, 0.15) is 5.82 Å². The van der Waals surface area contributed by atoms with Crippen molar-refractivity contribution >= 4 is 40.5 Å². The molecular formula is C14H17FN2O2S2. The molecule has 2 rings (SSSR count). The van der Waals surface area contributed by atoms with Crippen LogP contribution in [0.15, 0.2) is 23.4 Å². The number of aliphatic carboxylic acids is 1. The molecule has 114 valence electrons. The third-order valence-corrected chi connectivity index (χ3v) is 5.29. The minimum atomic E-state index is -0.895. The second kappa shape index (κ2) is 6.27. The summed E-state index contributed by atoms with van der Waals surface area (Å²) >= 11 is 2.88. The van der Waals surface area contributed by atoms with Crippen molar-refractivity contribution in [3.63, 3.8) is 0 Å². The second-order valence-corrected chi connectivity index (χ2v) is 7.72. The maximum absolute atomic E-state index is 13.3. The van der Waals surface area contributed by atoms with Crippen LogP contribution in [0.4, 0.5) is 4.39 Å². The summed E-state index contributed by atoms with van der Waals surface area (Å²) in [5.41, 5.74) is 1.38. The van der Waals surface area contributed by atoms with Crippen molar-refractivity contribution in [3.8, 4) is 0 Å². The number of benzene rings is 1. The fourth-order valence-corrected chi connectivity index (χ4v) is 2.91. The van der Waals surface area contributed by atoms with Crippen LogP contribution < -0.4 is 0 Å². The number of aromatic nitrogens is 2. The molecule has 0 radical (unpaired) electrons. The van der Waals surface area contributed by atoms with Crippen molar-refractivity contribution in [2.24, 2.45) is 0 Å². The topological polar surface area (TPSA) is 55.1 Å². The van der Waals surface area contributed by atoms with Gasteiger partial charge in [0.15, 0.2) is 5.16 Å². The summed E-state index contributed by atoms with van der Waals surface area (Å²) in [6.07, 6.45) is 2.03. The predicted octanol–water partition coefficient (Wildman–Crippen LogP) is 3.49. The first kappa shape index (κ1) is 16.2. The van der Waals surface area contributed by atoms with E-state index in [9.17, 15) is 9.18 Å². The zero-order valence-corrected chi connectivity index (χ0v) is 13.7. The Balaban J connectivity index is 2.46. The Labute approximate surface area is 131 Å². The first-order valence-electron chi connectivity index (χ1n) is 6.38. The third-order valence-electron chi connectivity index (χ3n) is 3.09. The number of rotatable bonds is 6. The van der Waals surface area contributed by atoms with Gasteiger partial charge < -0.3 is 9.67 Å². The highest BCUT2D eigenvalue weighted by molar-refractivity contribution is 8.00. The molecule has 1 N–H and O–H groups in total. The Morgan fingerprint density at radius 3 is 2.81 bits per heavy atom. The number of imidazole rings is 1. The number of hydrogen-bond acceptors (Lipinski definition) is 4. The molecular weight excluding hydrogens is 311 g/mol. The quantitative estimate of drug-likeness (QED) is 0.823. The molecule has 1 heterocycles. The van der Waals surface area contributed by atoms with E-state index in [2.05, 4.69) is 18.8 Å². The van der Waals surface area contributed by atoms with Crippen molar-refractivity contribution in [2.75, 3.05) is 12.0 Å². The Hall–Kier alpha value is -1.21. The van der Waals surface area contributed by atoms with Crippen molar-refractivity contribution in [2.45, 2.75) is 30.3 Å². The van der Waals surface area contributed by atoms with Crippen molar-refractivity contribution < 1.29 is 14.3 Å². The van der Waals surface area contributed by atoms with Crippen molar-refractivity contribution in [3.05, 3.63) is 24.0 Å². The van der Waals surface area contributed by atoms with Gasteiger partial charge in [0.25, 0.3) is 0 Å². The van der Waals surface area contributed by atoms with E-state index in [1.807, 2.05) is 10.8 Å². The molecule has 7 heteroatoms. The first-order valence-corrected chi connectivity index (χ1v) is 8.59. The average Bonchev–Trinajstić information content (AvgIpc) is 2.73. The van der Waals surface area contributed by atoms with E-state index in [4.69, 9.17) is 5.11 Å². The Morgan fingerprint density at radius 1 is 1.48 bits per heavy atom. The fraction of sp³-hybridized carbons (Fsp3) is 0.429. The van der Waals surface area contributed by atoms with Crippen LogP contribution in [-0.2, 0) is 11.3 Å².